The summed E-state index contributed by atoms with van der Waals surface area (Å²) in [5.74, 6) is 0.126. The standard InChI is InChI=1S/C20H24N4OS/c1-13-14(2)21-19-17(13)5-4-6-18(19)20(25)24-9-7-23(8-10-24)11-16-12-26-15(3)22-16/h4-6,12,21H,7-11H2,1-3H3. The Labute approximate surface area is 157 Å². The van der Waals surface area contributed by atoms with Crippen molar-refractivity contribution in [3.63, 3.8) is 0 Å². The number of aryl methyl sites for hydroxylation is 3. The van der Waals surface area contributed by atoms with E-state index in [1.165, 1.54) is 5.56 Å². The highest BCUT2D eigenvalue weighted by Gasteiger charge is 2.24. The second-order valence-electron chi connectivity index (χ2n) is 7.03. The number of piperazine rings is 1. The molecule has 1 amide bonds. The van der Waals surface area contributed by atoms with E-state index in [-0.39, 0.29) is 5.91 Å². The summed E-state index contributed by atoms with van der Waals surface area (Å²) in [6, 6.07) is 6.00. The maximum atomic E-state index is 13.1. The van der Waals surface area contributed by atoms with Crippen molar-refractivity contribution < 1.29 is 4.79 Å². The number of benzene rings is 1. The number of hydrogen-bond donors (Lipinski definition) is 1. The van der Waals surface area contributed by atoms with Gasteiger partial charge in [-0.25, -0.2) is 4.98 Å². The summed E-state index contributed by atoms with van der Waals surface area (Å²) in [6.45, 7) is 10.4. The number of hydrogen-bond acceptors (Lipinski definition) is 4. The number of thiazole rings is 1. The van der Waals surface area contributed by atoms with E-state index < -0.39 is 0 Å². The number of amides is 1. The van der Waals surface area contributed by atoms with Gasteiger partial charge in [0.15, 0.2) is 0 Å². The molecule has 0 bridgehead atoms. The molecule has 6 heteroatoms. The fourth-order valence-corrected chi connectivity index (χ4v) is 4.25. The van der Waals surface area contributed by atoms with Crippen LogP contribution in [0.25, 0.3) is 10.9 Å². The number of H-pyrrole nitrogens is 1. The van der Waals surface area contributed by atoms with Gasteiger partial charge in [-0.3, -0.25) is 9.69 Å². The summed E-state index contributed by atoms with van der Waals surface area (Å²) in [5, 5.41) is 4.38. The first kappa shape index (κ1) is 17.2. The molecule has 1 N–H and O–H groups in total. The highest BCUT2D eigenvalue weighted by molar-refractivity contribution is 7.09. The molecule has 4 rings (SSSR count). The van der Waals surface area contributed by atoms with Crippen molar-refractivity contribution in [2.45, 2.75) is 27.3 Å². The zero-order chi connectivity index (χ0) is 18.3. The zero-order valence-electron chi connectivity index (χ0n) is 15.5. The lowest BCUT2D eigenvalue weighted by Crippen LogP contribution is -2.48. The fourth-order valence-electron chi connectivity index (χ4n) is 3.65. The van der Waals surface area contributed by atoms with Gasteiger partial charge in [0.2, 0.25) is 0 Å². The molecule has 0 unspecified atom stereocenters. The van der Waals surface area contributed by atoms with Crippen molar-refractivity contribution in [2.24, 2.45) is 0 Å². The molecule has 1 aliphatic heterocycles. The van der Waals surface area contributed by atoms with Gasteiger partial charge in [-0.2, -0.15) is 0 Å². The van der Waals surface area contributed by atoms with E-state index in [2.05, 4.69) is 40.2 Å². The van der Waals surface area contributed by atoms with Gasteiger partial charge in [0, 0.05) is 49.2 Å². The molecule has 5 nitrogen and oxygen atoms in total. The van der Waals surface area contributed by atoms with Gasteiger partial charge in [0.25, 0.3) is 5.91 Å². The monoisotopic (exact) mass is 368 g/mol. The minimum atomic E-state index is 0.126. The number of aromatic nitrogens is 2. The predicted molar refractivity (Wildman–Crippen MR) is 106 cm³/mol. The van der Waals surface area contributed by atoms with Crippen molar-refractivity contribution >= 4 is 28.1 Å². The summed E-state index contributed by atoms with van der Waals surface area (Å²) in [4.78, 5) is 25.4. The molecule has 2 aromatic heterocycles. The van der Waals surface area contributed by atoms with E-state index >= 15 is 0 Å². The molecule has 26 heavy (non-hydrogen) atoms. The van der Waals surface area contributed by atoms with Crippen LogP contribution in [-0.4, -0.2) is 51.9 Å². The van der Waals surface area contributed by atoms with Gasteiger partial charge in [-0.05, 0) is 32.4 Å². The minimum absolute atomic E-state index is 0.126. The Morgan fingerprint density at radius 3 is 2.65 bits per heavy atom. The van der Waals surface area contributed by atoms with Gasteiger partial charge in [-0.1, -0.05) is 12.1 Å². The number of fused-ring (bicyclic) bond motifs is 1. The number of carbonyl (C=O) groups is 1. The van der Waals surface area contributed by atoms with Crippen LogP contribution in [0.3, 0.4) is 0 Å². The summed E-state index contributed by atoms with van der Waals surface area (Å²) in [5.41, 5.74) is 5.23. The molecular formula is C20H24N4OS. The number of aromatic amines is 1. The van der Waals surface area contributed by atoms with E-state index in [1.54, 1.807) is 11.3 Å². The largest absolute Gasteiger partial charge is 0.358 e. The molecule has 1 aliphatic rings. The van der Waals surface area contributed by atoms with Crippen LogP contribution in [0.2, 0.25) is 0 Å². The van der Waals surface area contributed by atoms with Crippen molar-refractivity contribution in [3.8, 4) is 0 Å². The number of nitrogens with one attached hydrogen (secondary N) is 1. The van der Waals surface area contributed by atoms with Crippen LogP contribution < -0.4 is 0 Å². The smallest absolute Gasteiger partial charge is 0.256 e. The summed E-state index contributed by atoms with van der Waals surface area (Å²) < 4.78 is 0. The van der Waals surface area contributed by atoms with Crippen molar-refractivity contribution in [2.75, 3.05) is 26.2 Å². The first-order chi connectivity index (χ1) is 12.5. The molecule has 0 saturated carbocycles. The number of carbonyl (C=O) groups excluding carboxylic acids is 1. The molecule has 1 saturated heterocycles. The zero-order valence-corrected chi connectivity index (χ0v) is 16.3. The Kier molecular flexibility index (Phi) is 4.54. The van der Waals surface area contributed by atoms with Crippen LogP contribution in [0.4, 0.5) is 0 Å². The maximum absolute atomic E-state index is 13.1. The highest BCUT2D eigenvalue weighted by atomic mass is 32.1. The molecule has 0 spiro atoms. The van der Waals surface area contributed by atoms with Gasteiger partial charge in [-0.15, -0.1) is 11.3 Å². The molecule has 136 valence electrons. The molecule has 3 aromatic rings. The predicted octanol–water partition coefficient (Wildman–Crippen LogP) is 3.51. The van der Waals surface area contributed by atoms with Crippen molar-refractivity contribution in [1.29, 1.82) is 0 Å². The third kappa shape index (κ3) is 3.15. The molecule has 0 atom stereocenters. The first-order valence-electron chi connectivity index (χ1n) is 9.03. The first-order valence-corrected chi connectivity index (χ1v) is 9.91. The van der Waals surface area contributed by atoms with Gasteiger partial charge < -0.3 is 9.88 Å². The summed E-state index contributed by atoms with van der Waals surface area (Å²) in [6.07, 6.45) is 0. The Morgan fingerprint density at radius 1 is 1.19 bits per heavy atom. The third-order valence-electron chi connectivity index (χ3n) is 5.29. The van der Waals surface area contributed by atoms with Gasteiger partial charge >= 0.3 is 0 Å². The van der Waals surface area contributed by atoms with Crippen LogP contribution in [0.1, 0.15) is 32.3 Å². The Morgan fingerprint density at radius 2 is 1.96 bits per heavy atom. The minimum Gasteiger partial charge on any atom is -0.358 e. The fraction of sp³-hybridized carbons (Fsp3) is 0.400. The molecule has 3 heterocycles. The highest BCUT2D eigenvalue weighted by Crippen LogP contribution is 2.25. The van der Waals surface area contributed by atoms with Gasteiger partial charge in [0.1, 0.15) is 0 Å². The van der Waals surface area contributed by atoms with Crippen LogP contribution in [0.5, 0.6) is 0 Å². The lowest BCUT2D eigenvalue weighted by atomic mass is 10.1. The van der Waals surface area contributed by atoms with E-state index in [4.69, 9.17) is 0 Å². The maximum Gasteiger partial charge on any atom is 0.256 e. The quantitative estimate of drug-likeness (QED) is 0.770. The lowest BCUT2D eigenvalue weighted by Gasteiger charge is -2.34. The van der Waals surface area contributed by atoms with E-state index in [9.17, 15) is 4.79 Å². The molecular weight excluding hydrogens is 344 g/mol. The molecule has 0 radical (unpaired) electrons. The third-order valence-corrected chi connectivity index (χ3v) is 6.11. The normalized spacial score (nSPS) is 15.7. The number of nitrogens with zero attached hydrogens (tertiary/aromatic N) is 3. The molecule has 1 aromatic carbocycles. The topological polar surface area (TPSA) is 52.2 Å². The van der Waals surface area contributed by atoms with Crippen LogP contribution >= 0.6 is 11.3 Å². The Balaban J connectivity index is 1.46. The average molecular weight is 369 g/mol. The Bertz CT molecular complexity index is 950. The van der Waals surface area contributed by atoms with Gasteiger partial charge in [0.05, 0.1) is 21.8 Å². The second kappa shape index (κ2) is 6.85. The van der Waals surface area contributed by atoms with Crippen LogP contribution in [0.15, 0.2) is 23.6 Å². The molecule has 1 fully saturated rings. The van der Waals surface area contributed by atoms with E-state index in [0.29, 0.717) is 0 Å². The van der Waals surface area contributed by atoms with E-state index in [1.807, 2.05) is 24.0 Å². The second-order valence-corrected chi connectivity index (χ2v) is 8.09. The average Bonchev–Trinajstić information content (AvgIpc) is 3.18. The number of rotatable bonds is 3. The van der Waals surface area contributed by atoms with Crippen LogP contribution in [-0.2, 0) is 6.54 Å². The summed E-state index contributed by atoms with van der Waals surface area (Å²) in [7, 11) is 0. The lowest BCUT2D eigenvalue weighted by molar-refractivity contribution is 0.0629. The van der Waals surface area contributed by atoms with Crippen molar-refractivity contribution in [1.82, 2.24) is 19.8 Å². The Hall–Kier alpha value is -2.18. The van der Waals surface area contributed by atoms with Crippen molar-refractivity contribution in [3.05, 3.63) is 51.1 Å². The SMILES string of the molecule is Cc1nc(CN2CCN(C(=O)c3cccc4c(C)c(C)[nH]c34)CC2)cs1. The van der Waals surface area contributed by atoms with Crippen LogP contribution in [0, 0.1) is 20.8 Å². The molecule has 0 aliphatic carbocycles. The summed E-state index contributed by atoms with van der Waals surface area (Å²) >= 11 is 1.69. The number of para-hydroxylation sites is 1. The van der Waals surface area contributed by atoms with E-state index in [0.717, 1.165) is 65.6 Å².